The third-order valence-electron chi connectivity index (χ3n) is 13.0. The first-order valence-electron chi connectivity index (χ1n) is 41.5. The molecule has 0 saturated carbocycles. The summed E-state index contributed by atoms with van der Waals surface area (Å²) in [4.78, 5) is 20.3. The second kappa shape index (κ2) is 135. The smallest absolute Gasteiger partial charge is 0.394 e. The molecule has 7 aromatic rings. The van der Waals surface area contributed by atoms with Gasteiger partial charge in [0.2, 0.25) is 0 Å². The van der Waals surface area contributed by atoms with E-state index >= 15 is 0 Å². The second-order valence-corrected chi connectivity index (χ2v) is 41.1. The zero-order valence-electron chi connectivity index (χ0n) is 90.8. The molecule has 0 unspecified atom stereocenters. The molecule has 2 aromatic carbocycles. The molecule has 5 heterocycles. The largest absolute Gasteiger partial charge is 2.00 e. The monoisotopic (exact) mass is 2600 g/mol. The first-order chi connectivity index (χ1) is 51.2. The van der Waals surface area contributed by atoms with Crippen LogP contribution in [0.2, 0.25) is 0 Å². The molecule has 0 N–H and O–H groups in total. The summed E-state index contributed by atoms with van der Waals surface area (Å²) < 4.78 is 0. The molecular weight excluding hydrogens is 2430 g/mol. The minimum Gasteiger partial charge on any atom is -0.394 e. The molecule has 5 nitrogen and oxygen atoms in total. The van der Waals surface area contributed by atoms with Crippen molar-refractivity contribution in [3.05, 3.63) is 264 Å². The molecule has 0 saturated heterocycles. The van der Waals surface area contributed by atoms with Crippen molar-refractivity contribution in [3.63, 3.8) is 0 Å². The average molecular weight is 2600 g/mol. The van der Waals surface area contributed by atoms with Crippen LogP contribution >= 0.6 is 0 Å². The van der Waals surface area contributed by atoms with Gasteiger partial charge in [-0.2, -0.15) is 277 Å². The van der Waals surface area contributed by atoms with E-state index < -0.39 is 0 Å². The molecule has 0 spiro atoms. The van der Waals surface area contributed by atoms with Crippen molar-refractivity contribution >= 4 is 0 Å². The Kier molecular flexibility index (Phi) is 218. The van der Waals surface area contributed by atoms with E-state index in [-0.39, 0.29) is 390 Å². The molecular formula is C107H177N5V21. The third kappa shape index (κ3) is 236. The Labute approximate surface area is 1080 Å². The summed E-state index contributed by atoms with van der Waals surface area (Å²) in [5.41, 5.74) is 12.0. The van der Waals surface area contributed by atoms with E-state index in [9.17, 15) is 0 Å². The van der Waals surface area contributed by atoms with Gasteiger partial charge in [0.05, 0.1) is 0 Å². The van der Waals surface area contributed by atoms with E-state index in [1.54, 1.807) is 24.8 Å². The molecule has 21 radical (unpaired) electrons. The number of hydrogen-bond donors (Lipinski definition) is 0. The van der Waals surface area contributed by atoms with Crippen LogP contribution in [0.1, 0.15) is 375 Å². The Morgan fingerprint density at radius 2 is 0.519 bits per heavy atom. The zero-order chi connectivity index (χ0) is 88.2. The van der Waals surface area contributed by atoms with Crippen molar-refractivity contribution in [2.75, 3.05) is 0 Å². The number of nitrogens with zero attached hydrogens (tertiary/aromatic N) is 5. The number of rotatable bonds is 14. The molecule has 0 aliphatic rings. The van der Waals surface area contributed by atoms with E-state index in [2.05, 4.69) is 401 Å². The molecule has 0 atom stereocenters. The Morgan fingerprint density at radius 1 is 0.226 bits per heavy atom. The van der Waals surface area contributed by atoms with Gasteiger partial charge in [0, 0.05) is 260 Å². The summed E-state index contributed by atoms with van der Waals surface area (Å²) in [6.07, 6.45) is 32.8. The van der Waals surface area contributed by atoms with Crippen LogP contribution in [0.5, 0.6) is 0 Å². The van der Waals surface area contributed by atoms with Gasteiger partial charge in [-0.3, -0.25) is 0 Å². The molecule has 5 aromatic heterocycles. The summed E-state index contributed by atoms with van der Waals surface area (Å²) in [6.45, 7) is 91.3. The second-order valence-electron chi connectivity index (χ2n) is 41.1. The van der Waals surface area contributed by atoms with Crippen LogP contribution in [0.3, 0.4) is 0 Å². The van der Waals surface area contributed by atoms with Crippen molar-refractivity contribution < 1.29 is 390 Å². The normalized spacial score (nSPS) is 9.21. The molecule has 0 bridgehead atoms. The SMILES string of the molecule is CC(C)(C)CCc1c[c-]ccc1.CC(C)(C)CCc1c[c-]ccn1.CC(C)(C)CCc1c[c-]cnc1.CC(C)(C)CCc1c[c-]ncc1.CC(C)(C)CCc1cc[c-]cc1.CC(C)(C)CCc1cc[c-]cn1.CC(C)(C)CCc1cc[c-]nc1.C[C-](C)C.C[C-](C)C.C[C-](C)C.C[C-](C)C.C[C-](C)C.C[C-](C)C.C[C-](C)C.[V+2].[V+2].[V+2].[V+2].[V+2].[V+2].[V+2].[V].[V].[V].[V].[V].[V].[V].[V].[V].[V].[V].[V].[V].[V]. The van der Waals surface area contributed by atoms with Crippen LogP contribution in [0, 0.1) is 122 Å². The maximum Gasteiger partial charge on any atom is 2.00 e. The maximum absolute atomic E-state index is 4.25. The first kappa shape index (κ1) is 215. The molecule has 133 heavy (non-hydrogen) atoms. The van der Waals surface area contributed by atoms with Gasteiger partial charge < -0.3 is 66.3 Å². The van der Waals surface area contributed by atoms with E-state index in [0.717, 1.165) is 37.8 Å². The molecule has 0 aliphatic heterocycles. The summed E-state index contributed by atoms with van der Waals surface area (Å²) in [5.74, 6) is 9.92. The van der Waals surface area contributed by atoms with E-state index in [0.29, 0.717) is 37.9 Å². The molecule has 735 valence electrons. The summed E-state index contributed by atoms with van der Waals surface area (Å²) in [5, 5.41) is 0. The Hall–Kier alpha value is 6.46. The van der Waals surface area contributed by atoms with Gasteiger partial charge in [0.15, 0.2) is 0 Å². The van der Waals surface area contributed by atoms with Crippen molar-refractivity contribution in [1.29, 1.82) is 0 Å². The minimum atomic E-state index is 0. The van der Waals surface area contributed by atoms with Gasteiger partial charge in [0.1, 0.15) is 0 Å². The van der Waals surface area contributed by atoms with Crippen LogP contribution in [0.25, 0.3) is 0 Å². The van der Waals surface area contributed by atoms with Gasteiger partial charge in [-0.05, 0) is 75.7 Å². The van der Waals surface area contributed by atoms with Gasteiger partial charge >= 0.3 is 130 Å². The Bertz CT molecular complexity index is 2440. The number of benzene rings is 2. The van der Waals surface area contributed by atoms with Crippen LogP contribution < -0.4 is 0 Å². The van der Waals surface area contributed by atoms with Crippen LogP contribution in [-0.2, 0) is 435 Å². The first-order valence-corrected chi connectivity index (χ1v) is 41.5. The van der Waals surface area contributed by atoms with Crippen LogP contribution in [0.15, 0.2) is 140 Å². The minimum absolute atomic E-state index is 0. The fraction of sp³-hybridized carbons (Fsp3) is 0.589. The molecule has 7 rings (SSSR count). The predicted molar refractivity (Wildman–Crippen MR) is 502 cm³/mol. The quantitative estimate of drug-likeness (QED) is 0.102. The van der Waals surface area contributed by atoms with Gasteiger partial charge in [-0.25, -0.2) is 24.3 Å². The predicted octanol–water partition coefficient (Wildman–Crippen LogP) is 32.5. The summed E-state index contributed by atoms with van der Waals surface area (Å²) >= 11 is 0. The molecule has 0 aliphatic carbocycles. The van der Waals surface area contributed by atoms with E-state index in [4.69, 9.17) is 0 Å². The average Bonchev–Trinajstić information content (AvgIpc) is 0.968. The molecule has 26 heteroatoms. The standard InChI is InChI=1S/2C12H17.5C11H16N.7C4H9.21V/c2*1-12(2,3)10-9-11-7-5-4-6-8-11;1-11(2,3)7-4-10-5-8-12-9-6-10;2*1-11(2,3)7-6-10-5-4-8-12-9-10;2*1-11(2,3)8-7-10-6-4-5-9-12-10;7*1-4(2)3;;;;;;;;;;;;;;;;;;;;;/h5-8H,9-10H2,1-3H3;4-5,7-8H,9-10H2,1-3H3;5-6,8H,4,7H2,1-3H3;5,8-9H,6-7H2,1-3H3;4-5,9H,6-7H2,1-3H3;5-6,9H,7-8H2,1-3H3;4,6,9H,7-8H2,1-3H3;7*1-3H3;;;;;;;;;;;;;;;;;;;;;/q14*-1;;;;;;;;;;;;;;;7*+2. The summed E-state index contributed by atoms with van der Waals surface area (Å²) in [7, 11) is 0. The molecule has 0 amide bonds. The Balaban J connectivity index is -0.0000000346. The Morgan fingerprint density at radius 3 is 0.789 bits per heavy atom. The number of aryl methyl sites for hydroxylation is 7. The number of hydrogen-bond acceptors (Lipinski definition) is 5. The van der Waals surface area contributed by atoms with Crippen molar-refractivity contribution in [3.8, 4) is 0 Å². The zero-order valence-corrected chi connectivity index (χ0v) is 120. The van der Waals surface area contributed by atoms with Crippen molar-refractivity contribution in [1.82, 2.24) is 24.9 Å². The van der Waals surface area contributed by atoms with Gasteiger partial charge in [-0.1, -0.05) is 258 Å². The van der Waals surface area contributed by atoms with E-state index in [1.165, 1.54) is 133 Å². The fourth-order valence-corrected chi connectivity index (χ4v) is 7.26. The third-order valence-corrected chi connectivity index (χ3v) is 13.0. The maximum atomic E-state index is 4.25. The van der Waals surface area contributed by atoms with Crippen LogP contribution in [0.4, 0.5) is 0 Å². The van der Waals surface area contributed by atoms with Crippen LogP contribution in [-0.4, -0.2) is 24.9 Å². The number of aromatic nitrogens is 5. The van der Waals surface area contributed by atoms with Crippen molar-refractivity contribution in [2.45, 2.75) is 381 Å². The number of pyridine rings is 5. The molecule has 0 fully saturated rings. The van der Waals surface area contributed by atoms with E-state index in [1.807, 2.05) is 73.1 Å². The fourth-order valence-electron chi connectivity index (χ4n) is 7.26. The van der Waals surface area contributed by atoms with Gasteiger partial charge in [-0.15, -0.1) is 5.56 Å². The topological polar surface area (TPSA) is 64.5 Å². The van der Waals surface area contributed by atoms with Gasteiger partial charge in [0.25, 0.3) is 0 Å². The summed E-state index contributed by atoms with van der Waals surface area (Å²) in [6, 6.07) is 49.3. The van der Waals surface area contributed by atoms with Crippen molar-refractivity contribution in [2.24, 2.45) is 37.9 Å².